The average molecular weight is 355 g/mol. The van der Waals surface area contributed by atoms with Gasteiger partial charge in [0, 0.05) is 22.6 Å². The molecule has 21 heavy (non-hydrogen) atoms. The van der Waals surface area contributed by atoms with Gasteiger partial charge in [-0.15, -0.1) is 0 Å². The Morgan fingerprint density at radius 2 is 2.14 bits per heavy atom. The van der Waals surface area contributed by atoms with Gasteiger partial charge in [-0.2, -0.15) is 0 Å². The first-order valence-electron chi connectivity index (χ1n) is 6.02. The fraction of sp³-hybridized carbons (Fsp3) is 0.143. The van der Waals surface area contributed by atoms with E-state index in [0.29, 0.717) is 5.75 Å². The Hall–Kier alpha value is -2.15. The molecule has 110 valence electrons. The van der Waals surface area contributed by atoms with Crippen LogP contribution in [0.25, 0.3) is 0 Å². The summed E-state index contributed by atoms with van der Waals surface area (Å²) in [4.78, 5) is 10.3. The summed E-state index contributed by atoms with van der Waals surface area (Å²) >= 11 is 3.34. The lowest BCUT2D eigenvalue weighted by atomic mass is 10.2. The molecule has 0 atom stereocenters. The van der Waals surface area contributed by atoms with E-state index in [4.69, 9.17) is 4.74 Å². The van der Waals surface area contributed by atoms with Gasteiger partial charge in [0.15, 0.2) is 5.82 Å². The van der Waals surface area contributed by atoms with Gasteiger partial charge < -0.3 is 10.1 Å². The average Bonchev–Trinajstić information content (AvgIpc) is 2.45. The minimum absolute atomic E-state index is 0.135. The van der Waals surface area contributed by atoms with Crippen molar-refractivity contribution in [3.8, 4) is 5.75 Å². The monoisotopic (exact) mass is 354 g/mol. The Balaban J connectivity index is 2.28. The van der Waals surface area contributed by atoms with Crippen LogP contribution in [-0.4, -0.2) is 12.0 Å². The van der Waals surface area contributed by atoms with Gasteiger partial charge >= 0.3 is 0 Å². The second-order valence-electron chi connectivity index (χ2n) is 4.20. The predicted octanol–water partition coefficient (Wildman–Crippen LogP) is 4.12. The molecule has 7 heteroatoms. The van der Waals surface area contributed by atoms with E-state index in [9.17, 15) is 14.5 Å². The van der Waals surface area contributed by atoms with Crippen molar-refractivity contribution in [3.63, 3.8) is 0 Å². The number of nitrogens with one attached hydrogen (secondary N) is 1. The molecule has 0 fully saturated rings. The minimum atomic E-state index is -0.668. The molecule has 2 aromatic rings. The normalized spacial score (nSPS) is 10.2. The van der Waals surface area contributed by atoms with Crippen LogP contribution in [0.15, 0.2) is 40.9 Å². The molecule has 0 aliphatic carbocycles. The predicted molar refractivity (Wildman–Crippen MR) is 81.1 cm³/mol. The SMILES string of the molecule is COc1ccc(Br)cc1CNc1c(F)cccc1[N+](=O)[O-]. The molecular weight excluding hydrogens is 343 g/mol. The third-order valence-corrected chi connectivity index (χ3v) is 3.38. The van der Waals surface area contributed by atoms with Gasteiger partial charge in [0.05, 0.1) is 12.0 Å². The zero-order valence-electron chi connectivity index (χ0n) is 11.1. The number of nitrogens with zero attached hydrogens (tertiary/aromatic N) is 1. The van der Waals surface area contributed by atoms with Crippen LogP contribution in [0.2, 0.25) is 0 Å². The van der Waals surface area contributed by atoms with Crippen LogP contribution in [0.4, 0.5) is 15.8 Å². The maximum Gasteiger partial charge on any atom is 0.295 e. The molecule has 0 saturated heterocycles. The van der Waals surface area contributed by atoms with E-state index in [0.717, 1.165) is 10.0 Å². The van der Waals surface area contributed by atoms with E-state index < -0.39 is 10.7 Å². The van der Waals surface area contributed by atoms with Crippen molar-refractivity contribution in [2.24, 2.45) is 0 Å². The molecule has 5 nitrogen and oxygen atoms in total. The third-order valence-electron chi connectivity index (χ3n) is 2.89. The van der Waals surface area contributed by atoms with Crippen LogP contribution >= 0.6 is 15.9 Å². The van der Waals surface area contributed by atoms with E-state index >= 15 is 0 Å². The number of hydrogen-bond donors (Lipinski definition) is 1. The largest absolute Gasteiger partial charge is 0.496 e. The zero-order valence-corrected chi connectivity index (χ0v) is 12.7. The molecule has 0 bridgehead atoms. The van der Waals surface area contributed by atoms with Crippen molar-refractivity contribution in [3.05, 3.63) is 62.4 Å². The summed E-state index contributed by atoms with van der Waals surface area (Å²) < 4.78 is 19.8. The van der Waals surface area contributed by atoms with Gasteiger partial charge in [0.1, 0.15) is 11.4 Å². The van der Waals surface area contributed by atoms with Crippen LogP contribution < -0.4 is 10.1 Å². The molecule has 0 saturated carbocycles. The van der Waals surface area contributed by atoms with Crippen LogP contribution in [0.5, 0.6) is 5.75 Å². The fourth-order valence-electron chi connectivity index (χ4n) is 1.91. The second-order valence-corrected chi connectivity index (χ2v) is 5.12. The Kier molecular flexibility index (Phi) is 4.74. The van der Waals surface area contributed by atoms with E-state index in [1.807, 2.05) is 6.07 Å². The highest BCUT2D eigenvalue weighted by molar-refractivity contribution is 9.10. The number of rotatable bonds is 5. The molecule has 0 spiro atoms. The molecule has 0 amide bonds. The van der Waals surface area contributed by atoms with Gasteiger partial charge in [-0.05, 0) is 24.3 Å². The van der Waals surface area contributed by atoms with Crippen LogP contribution in [0, 0.1) is 15.9 Å². The number of benzene rings is 2. The minimum Gasteiger partial charge on any atom is -0.496 e. The lowest BCUT2D eigenvalue weighted by Crippen LogP contribution is -2.06. The lowest BCUT2D eigenvalue weighted by Gasteiger charge is -2.12. The number of para-hydroxylation sites is 1. The molecular formula is C14H12BrFN2O3. The van der Waals surface area contributed by atoms with Crippen molar-refractivity contribution in [2.45, 2.75) is 6.54 Å². The smallest absolute Gasteiger partial charge is 0.295 e. The summed E-state index contributed by atoms with van der Waals surface area (Å²) in [5, 5.41) is 13.7. The number of methoxy groups -OCH3 is 1. The van der Waals surface area contributed by atoms with Gasteiger partial charge in [0.2, 0.25) is 0 Å². The van der Waals surface area contributed by atoms with Crippen molar-refractivity contribution in [1.29, 1.82) is 0 Å². The number of nitro groups is 1. The lowest BCUT2D eigenvalue weighted by molar-refractivity contribution is -0.384. The van der Waals surface area contributed by atoms with Gasteiger partial charge in [-0.25, -0.2) is 4.39 Å². The molecule has 1 N–H and O–H groups in total. The van der Waals surface area contributed by atoms with Crippen LogP contribution in [-0.2, 0) is 6.54 Å². The molecule has 0 aromatic heterocycles. The van der Waals surface area contributed by atoms with Crippen molar-refractivity contribution in [1.82, 2.24) is 0 Å². The summed E-state index contributed by atoms with van der Waals surface area (Å²) in [6, 6.07) is 9.11. The summed E-state index contributed by atoms with van der Waals surface area (Å²) in [7, 11) is 1.53. The van der Waals surface area contributed by atoms with E-state index in [-0.39, 0.29) is 17.9 Å². The Bertz CT molecular complexity index is 679. The highest BCUT2D eigenvalue weighted by Gasteiger charge is 2.17. The number of anilines is 1. The van der Waals surface area contributed by atoms with Crippen LogP contribution in [0.1, 0.15) is 5.56 Å². The van der Waals surface area contributed by atoms with Crippen molar-refractivity contribution >= 4 is 27.3 Å². The van der Waals surface area contributed by atoms with E-state index in [2.05, 4.69) is 21.2 Å². The topological polar surface area (TPSA) is 64.4 Å². The maximum atomic E-state index is 13.8. The molecule has 2 aromatic carbocycles. The van der Waals surface area contributed by atoms with Gasteiger partial charge in [-0.3, -0.25) is 10.1 Å². The quantitative estimate of drug-likeness (QED) is 0.647. The summed E-state index contributed by atoms with van der Waals surface area (Å²) in [5.41, 5.74) is 0.318. The summed E-state index contributed by atoms with van der Waals surface area (Å²) in [6.07, 6.45) is 0. The Labute approximate surface area is 129 Å². The van der Waals surface area contributed by atoms with Gasteiger partial charge in [-0.1, -0.05) is 22.0 Å². The van der Waals surface area contributed by atoms with Crippen LogP contribution in [0.3, 0.4) is 0 Å². The number of nitro benzene ring substituents is 1. The zero-order chi connectivity index (χ0) is 15.4. The molecule has 0 unspecified atom stereocenters. The standard InChI is InChI=1S/C14H12BrFN2O3/c1-21-13-6-5-10(15)7-9(13)8-17-14-11(16)3-2-4-12(14)18(19)20/h2-7,17H,8H2,1H3. The van der Waals surface area contributed by atoms with Gasteiger partial charge in [0.25, 0.3) is 5.69 Å². The third kappa shape index (κ3) is 3.49. The summed E-state index contributed by atoms with van der Waals surface area (Å²) in [6.45, 7) is 0.199. The molecule has 2 rings (SSSR count). The first-order chi connectivity index (χ1) is 10.0. The highest BCUT2D eigenvalue weighted by atomic mass is 79.9. The summed E-state index contributed by atoms with van der Waals surface area (Å²) in [5.74, 6) is -0.0529. The Morgan fingerprint density at radius 1 is 1.38 bits per heavy atom. The first kappa shape index (κ1) is 15.2. The van der Waals surface area contributed by atoms with Crippen molar-refractivity contribution in [2.75, 3.05) is 12.4 Å². The number of hydrogen-bond acceptors (Lipinski definition) is 4. The number of ether oxygens (including phenoxy) is 1. The first-order valence-corrected chi connectivity index (χ1v) is 6.81. The molecule has 0 aliphatic heterocycles. The number of halogens is 2. The second kappa shape index (κ2) is 6.53. The Morgan fingerprint density at radius 3 is 2.81 bits per heavy atom. The van der Waals surface area contributed by atoms with Crippen molar-refractivity contribution < 1.29 is 14.1 Å². The molecule has 0 heterocycles. The fourth-order valence-corrected chi connectivity index (χ4v) is 2.32. The van der Waals surface area contributed by atoms with E-state index in [1.165, 1.54) is 25.3 Å². The molecule has 0 radical (unpaired) electrons. The molecule has 0 aliphatic rings. The maximum absolute atomic E-state index is 13.8. The van der Waals surface area contributed by atoms with E-state index in [1.54, 1.807) is 12.1 Å². The highest BCUT2D eigenvalue weighted by Crippen LogP contribution is 2.29.